The zero-order valence-electron chi connectivity index (χ0n) is 31.2. The number of carbonyl (C=O) groups is 1. The minimum absolute atomic E-state index is 0.179. The zero-order valence-corrected chi connectivity index (χ0v) is 33.7. The van der Waals surface area contributed by atoms with Gasteiger partial charge in [-0.15, -0.1) is 0 Å². The molecule has 280 valence electrons. The van der Waals surface area contributed by atoms with Crippen molar-refractivity contribution in [2.24, 2.45) is 11.8 Å². The maximum absolute atomic E-state index is 14.3. The lowest BCUT2D eigenvalue weighted by molar-refractivity contribution is -0.146. The fourth-order valence-corrected chi connectivity index (χ4v) is 9.18. The van der Waals surface area contributed by atoms with Gasteiger partial charge in [0.25, 0.3) is 0 Å². The standard InChI is InChI=1S/C39H51Cl2FN6O3Si/c1-7-50-38(49)37(36-33-16-28(42)21-47(33)24-43-36)48-22-31-32(40)17-30(34(41)35(31)44-48)27-8-10-29(11-9-27)46-19-26(20-46)18-45-14-12-25(13-15-45)23-51-52(5,6)39(2,3)4/h8-11,17,22,24-26,28,37H,7,12-16,18-21,23H2,1-6H3/t28-,37-/m1/s1. The number of hydrogen-bond acceptors (Lipinski definition) is 7. The van der Waals surface area contributed by atoms with Crippen molar-refractivity contribution in [1.82, 2.24) is 24.2 Å². The van der Waals surface area contributed by atoms with Crippen LogP contribution in [0.2, 0.25) is 28.2 Å². The van der Waals surface area contributed by atoms with Crippen LogP contribution in [0, 0.1) is 11.8 Å². The summed E-state index contributed by atoms with van der Waals surface area (Å²) in [5, 5.41) is 6.52. The molecule has 2 saturated heterocycles. The van der Waals surface area contributed by atoms with Crippen molar-refractivity contribution < 1.29 is 18.3 Å². The number of ether oxygens (including phenoxy) is 1. The molecule has 2 atom stereocenters. The summed E-state index contributed by atoms with van der Waals surface area (Å²) in [7, 11) is -1.69. The summed E-state index contributed by atoms with van der Waals surface area (Å²) in [5.41, 5.74) is 4.43. The average Bonchev–Trinajstić information content (AvgIpc) is 3.79. The molecule has 9 nitrogen and oxygen atoms in total. The van der Waals surface area contributed by atoms with Gasteiger partial charge in [0.2, 0.25) is 0 Å². The molecular weight excluding hydrogens is 718 g/mol. The Bertz CT molecular complexity index is 1910. The number of piperidine rings is 1. The van der Waals surface area contributed by atoms with E-state index >= 15 is 0 Å². The smallest absolute Gasteiger partial charge is 0.337 e. The quantitative estimate of drug-likeness (QED) is 0.112. The van der Waals surface area contributed by atoms with Crippen molar-refractivity contribution in [3.8, 4) is 11.1 Å². The molecule has 2 fully saturated rings. The summed E-state index contributed by atoms with van der Waals surface area (Å²) in [6.07, 6.45) is 4.87. The highest BCUT2D eigenvalue weighted by molar-refractivity contribution is 6.74. The molecule has 0 N–H and O–H groups in total. The van der Waals surface area contributed by atoms with Gasteiger partial charge >= 0.3 is 5.97 Å². The van der Waals surface area contributed by atoms with Crippen molar-refractivity contribution in [2.75, 3.05) is 50.8 Å². The maximum Gasteiger partial charge on any atom is 0.337 e. The van der Waals surface area contributed by atoms with Gasteiger partial charge in [-0.2, -0.15) is 5.10 Å². The van der Waals surface area contributed by atoms with Crippen LogP contribution >= 0.6 is 23.2 Å². The highest BCUT2D eigenvalue weighted by Crippen LogP contribution is 2.41. The molecule has 0 radical (unpaired) electrons. The number of nitrogens with zero attached hydrogens (tertiary/aromatic N) is 6. The second kappa shape index (κ2) is 14.7. The molecular formula is C39H51Cl2FN6O3Si. The third kappa shape index (κ3) is 7.40. The summed E-state index contributed by atoms with van der Waals surface area (Å²) in [6.45, 7) is 20.3. The Kier molecular flexibility index (Phi) is 10.6. The van der Waals surface area contributed by atoms with E-state index in [0.717, 1.165) is 50.5 Å². The van der Waals surface area contributed by atoms with E-state index < -0.39 is 26.5 Å². The van der Waals surface area contributed by atoms with Gasteiger partial charge in [0.15, 0.2) is 14.4 Å². The number of anilines is 1. The highest BCUT2D eigenvalue weighted by Gasteiger charge is 2.38. The second-order valence-corrected chi connectivity index (χ2v) is 22.0. The predicted octanol–water partition coefficient (Wildman–Crippen LogP) is 8.42. The summed E-state index contributed by atoms with van der Waals surface area (Å²) < 4.78 is 29.5. The highest BCUT2D eigenvalue weighted by atomic mass is 35.5. The van der Waals surface area contributed by atoms with Gasteiger partial charge in [-0.05, 0) is 80.7 Å². The number of imidazole rings is 1. The number of benzene rings is 2. The van der Waals surface area contributed by atoms with Crippen molar-refractivity contribution in [3.63, 3.8) is 0 Å². The Morgan fingerprint density at radius 1 is 1.08 bits per heavy atom. The van der Waals surface area contributed by atoms with Gasteiger partial charge in [0.05, 0.1) is 35.2 Å². The minimum atomic E-state index is -1.69. The van der Waals surface area contributed by atoms with E-state index in [9.17, 15) is 9.18 Å². The van der Waals surface area contributed by atoms with Crippen molar-refractivity contribution in [2.45, 2.75) is 83.8 Å². The van der Waals surface area contributed by atoms with Gasteiger partial charge in [-0.3, -0.25) is 4.68 Å². The fraction of sp³-hybridized carbons (Fsp3) is 0.564. The molecule has 3 aliphatic heterocycles. The largest absolute Gasteiger partial charge is 0.464 e. The Labute approximate surface area is 317 Å². The molecule has 0 spiro atoms. The molecule has 0 saturated carbocycles. The van der Waals surface area contributed by atoms with Gasteiger partial charge in [-0.25, -0.2) is 14.2 Å². The molecule has 4 aromatic rings. The summed E-state index contributed by atoms with van der Waals surface area (Å²) in [4.78, 5) is 22.8. The van der Waals surface area contributed by atoms with Crippen LogP contribution in [-0.2, 0) is 26.9 Å². The topological polar surface area (TPSA) is 77.7 Å². The first kappa shape index (κ1) is 37.4. The third-order valence-corrected chi connectivity index (χ3v) is 16.9. The fourth-order valence-electron chi connectivity index (χ4n) is 7.54. The Morgan fingerprint density at radius 3 is 2.46 bits per heavy atom. The van der Waals surface area contributed by atoms with Gasteiger partial charge < -0.3 is 23.5 Å². The molecule has 5 heterocycles. The third-order valence-electron chi connectivity index (χ3n) is 11.7. The molecule has 0 unspecified atom stereocenters. The van der Waals surface area contributed by atoms with E-state index in [1.54, 1.807) is 24.0 Å². The normalized spacial score (nSPS) is 19.6. The number of hydrogen-bond donors (Lipinski definition) is 0. The van der Waals surface area contributed by atoms with Crippen LogP contribution in [0.15, 0.2) is 42.9 Å². The maximum atomic E-state index is 14.3. The first-order valence-corrected chi connectivity index (χ1v) is 22.3. The van der Waals surface area contributed by atoms with Crippen LogP contribution in [0.4, 0.5) is 10.1 Å². The summed E-state index contributed by atoms with van der Waals surface area (Å²) in [6, 6.07) is 9.27. The van der Waals surface area contributed by atoms with E-state index in [1.807, 2.05) is 6.07 Å². The number of alkyl halides is 1. The molecule has 13 heteroatoms. The molecule has 0 bridgehead atoms. The molecule has 7 rings (SSSR count). The number of esters is 1. The number of aromatic nitrogens is 4. The predicted molar refractivity (Wildman–Crippen MR) is 209 cm³/mol. The summed E-state index contributed by atoms with van der Waals surface area (Å²) >= 11 is 13.9. The Balaban J connectivity index is 0.986. The van der Waals surface area contributed by atoms with E-state index in [2.05, 4.69) is 72.9 Å². The lowest BCUT2D eigenvalue weighted by Gasteiger charge is -2.44. The molecule has 0 aliphatic carbocycles. The zero-order chi connectivity index (χ0) is 36.9. The lowest BCUT2D eigenvalue weighted by Crippen LogP contribution is -2.52. The van der Waals surface area contributed by atoms with E-state index in [-0.39, 0.29) is 24.6 Å². The number of halogens is 3. The number of carbonyl (C=O) groups excluding carboxylic acids is 1. The van der Waals surface area contributed by atoms with Crippen LogP contribution in [0.5, 0.6) is 0 Å². The molecule has 2 aromatic carbocycles. The van der Waals surface area contributed by atoms with Crippen molar-refractivity contribution in [1.29, 1.82) is 0 Å². The van der Waals surface area contributed by atoms with Crippen LogP contribution in [0.25, 0.3) is 22.0 Å². The van der Waals surface area contributed by atoms with E-state index in [1.165, 1.54) is 23.2 Å². The molecule has 52 heavy (non-hydrogen) atoms. The SMILES string of the molecule is CCOC(=O)[C@@H](c1ncn2c1C[C@@H](F)C2)n1cc2c(Cl)cc(-c3ccc(N4CC(CN5CCC(CO[Si](C)(C)C(C)(C)C)CC5)C4)cc3)c(Cl)c2n1. The summed E-state index contributed by atoms with van der Waals surface area (Å²) in [5.74, 6) is 0.825. The number of rotatable bonds is 11. The van der Waals surface area contributed by atoms with Crippen LogP contribution < -0.4 is 4.90 Å². The van der Waals surface area contributed by atoms with Gasteiger partial charge in [0, 0.05) is 67.1 Å². The lowest BCUT2D eigenvalue weighted by atomic mass is 9.94. The van der Waals surface area contributed by atoms with Crippen LogP contribution in [0.1, 0.15) is 58.0 Å². The minimum Gasteiger partial charge on any atom is -0.464 e. The number of likely N-dealkylation sites (tertiary alicyclic amines) is 1. The first-order chi connectivity index (χ1) is 24.7. The Morgan fingerprint density at radius 2 is 1.79 bits per heavy atom. The van der Waals surface area contributed by atoms with Crippen LogP contribution in [-0.4, -0.2) is 90.6 Å². The number of fused-ring (bicyclic) bond motifs is 2. The van der Waals surface area contributed by atoms with Gasteiger partial charge in [-0.1, -0.05) is 56.1 Å². The van der Waals surface area contributed by atoms with E-state index in [0.29, 0.717) is 44.2 Å². The second-order valence-electron chi connectivity index (χ2n) is 16.4. The van der Waals surface area contributed by atoms with E-state index in [4.69, 9.17) is 37.5 Å². The molecule has 3 aliphatic rings. The Hall–Kier alpha value is -2.96. The molecule has 0 amide bonds. The van der Waals surface area contributed by atoms with Crippen molar-refractivity contribution >= 4 is 54.1 Å². The van der Waals surface area contributed by atoms with Crippen LogP contribution in [0.3, 0.4) is 0 Å². The first-order valence-electron chi connectivity index (χ1n) is 18.7. The van der Waals surface area contributed by atoms with Crippen molar-refractivity contribution in [3.05, 3.63) is 64.3 Å². The van der Waals surface area contributed by atoms with Gasteiger partial charge in [0.1, 0.15) is 11.7 Å². The molecule has 2 aromatic heterocycles. The average molecular weight is 770 g/mol. The monoisotopic (exact) mass is 768 g/mol.